The first-order chi connectivity index (χ1) is 9.52. The highest BCUT2D eigenvalue weighted by atomic mass is 16.5. The van der Waals surface area contributed by atoms with Crippen molar-refractivity contribution < 1.29 is 9.53 Å². The predicted octanol–water partition coefficient (Wildman–Crippen LogP) is 2.81. The number of hydrogen-bond acceptors (Lipinski definition) is 3. The van der Waals surface area contributed by atoms with E-state index in [4.69, 9.17) is 4.74 Å². The Labute approximate surface area is 120 Å². The topological polar surface area (TPSA) is 50.4 Å². The second-order valence-electron chi connectivity index (χ2n) is 5.85. The van der Waals surface area contributed by atoms with Crippen LogP contribution in [0.1, 0.15) is 44.0 Å². The number of benzene rings is 1. The molecule has 1 saturated heterocycles. The summed E-state index contributed by atoms with van der Waals surface area (Å²) in [5.74, 6) is -0.00995. The van der Waals surface area contributed by atoms with E-state index in [2.05, 4.69) is 24.5 Å². The van der Waals surface area contributed by atoms with Crippen molar-refractivity contribution in [3.8, 4) is 0 Å². The SMILES string of the molecule is CCNc1ccccc1C(=O)NC1CCOC(C)(C)C1. The Hall–Kier alpha value is -1.55. The van der Waals surface area contributed by atoms with Gasteiger partial charge in [-0.05, 0) is 45.7 Å². The van der Waals surface area contributed by atoms with Gasteiger partial charge in [0.15, 0.2) is 0 Å². The van der Waals surface area contributed by atoms with Crippen LogP contribution in [0.3, 0.4) is 0 Å². The fraction of sp³-hybridized carbons (Fsp3) is 0.562. The molecule has 1 amide bonds. The predicted molar refractivity (Wildman–Crippen MR) is 81.1 cm³/mol. The van der Waals surface area contributed by atoms with Crippen LogP contribution in [-0.2, 0) is 4.74 Å². The average Bonchev–Trinajstić information content (AvgIpc) is 2.38. The summed E-state index contributed by atoms with van der Waals surface area (Å²) in [7, 11) is 0. The molecule has 0 aromatic heterocycles. The van der Waals surface area contributed by atoms with E-state index in [-0.39, 0.29) is 17.6 Å². The van der Waals surface area contributed by atoms with Crippen molar-refractivity contribution in [1.29, 1.82) is 0 Å². The lowest BCUT2D eigenvalue weighted by atomic mass is 9.93. The molecule has 1 aromatic rings. The Bertz CT molecular complexity index is 471. The number of amides is 1. The minimum absolute atomic E-state index is 0.00995. The minimum atomic E-state index is -0.155. The lowest BCUT2D eigenvalue weighted by Crippen LogP contribution is -2.45. The quantitative estimate of drug-likeness (QED) is 0.889. The Morgan fingerprint density at radius 1 is 1.40 bits per heavy atom. The monoisotopic (exact) mass is 276 g/mol. The van der Waals surface area contributed by atoms with Gasteiger partial charge in [-0.25, -0.2) is 0 Å². The highest BCUT2D eigenvalue weighted by molar-refractivity contribution is 5.99. The van der Waals surface area contributed by atoms with E-state index in [1.807, 2.05) is 31.2 Å². The summed E-state index contributed by atoms with van der Waals surface area (Å²) in [5.41, 5.74) is 1.44. The molecule has 0 spiro atoms. The van der Waals surface area contributed by atoms with Crippen LogP contribution in [0.25, 0.3) is 0 Å². The molecule has 1 unspecified atom stereocenters. The van der Waals surface area contributed by atoms with Crippen molar-refractivity contribution in [2.45, 2.75) is 45.3 Å². The standard InChI is InChI=1S/C16H24N2O2/c1-4-17-14-8-6-5-7-13(14)15(19)18-12-9-10-20-16(2,3)11-12/h5-8,12,17H,4,9-11H2,1-3H3,(H,18,19). The number of ether oxygens (including phenoxy) is 1. The van der Waals surface area contributed by atoms with Crippen molar-refractivity contribution in [3.63, 3.8) is 0 Å². The highest BCUT2D eigenvalue weighted by Gasteiger charge is 2.30. The number of hydrogen-bond donors (Lipinski definition) is 2. The Morgan fingerprint density at radius 2 is 2.15 bits per heavy atom. The molecule has 0 aliphatic carbocycles. The van der Waals surface area contributed by atoms with Gasteiger partial charge in [0.05, 0.1) is 11.2 Å². The minimum Gasteiger partial charge on any atom is -0.385 e. The van der Waals surface area contributed by atoms with E-state index >= 15 is 0 Å². The van der Waals surface area contributed by atoms with E-state index in [0.29, 0.717) is 12.2 Å². The largest absolute Gasteiger partial charge is 0.385 e. The second kappa shape index (κ2) is 6.27. The van der Waals surface area contributed by atoms with E-state index in [1.165, 1.54) is 0 Å². The molecule has 110 valence electrons. The first-order valence-electron chi connectivity index (χ1n) is 7.29. The smallest absolute Gasteiger partial charge is 0.253 e. The molecule has 4 nitrogen and oxygen atoms in total. The van der Waals surface area contributed by atoms with Crippen LogP contribution in [0, 0.1) is 0 Å². The molecule has 1 atom stereocenters. The molecule has 1 fully saturated rings. The van der Waals surface area contributed by atoms with Gasteiger partial charge < -0.3 is 15.4 Å². The van der Waals surface area contributed by atoms with Gasteiger partial charge >= 0.3 is 0 Å². The summed E-state index contributed by atoms with van der Waals surface area (Å²) in [6, 6.07) is 7.81. The lowest BCUT2D eigenvalue weighted by molar-refractivity contribution is -0.0615. The molecule has 0 saturated carbocycles. The molecule has 0 bridgehead atoms. The third kappa shape index (κ3) is 3.73. The number of nitrogens with one attached hydrogen (secondary N) is 2. The van der Waals surface area contributed by atoms with Crippen LogP contribution in [0.5, 0.6) is 0 Å². The van der Waals surface area contributed by atoms with Crippen molar-refractivity contribution in [2.24, 2.45) is 0 Å². The van der Waals surface area contributed by atoms with Crippen LogP contribution in [0.2, 0.25) is 0 Å². The van der Waals surface area contributed by atoms with Gasteiger partial charge in [-0.3, -0.25) is 4.79 Å². The summed E-state index contributed by atoms with van der Waals surface area (Å²) >= 11 is 0. The molecule has 1 aliphatic rings. The van der Waals surface area contributed by atoms with Crippen molar-refractivity contribution >= 4 is 11.6 Å². The number of anilines is 1. The molecular weight excluding hydrogens is 252 g/mol. The van der Waals surface area contributed by atoms with Gasteiger partial charge in [0.25, 0.3) is 5.91 Å². The number of carbonyl (C=O) groups is 1. The van der Waals surface area contributed by atoms with E-state index < -0.39 is 0 Å². The summed E-state index contributed by atoms with van der Waals surface area (Å²) in [6.07, 6.45) is 1.72. The molecule has 2 rings (SSSR count). The van der Waals surface area contributed by atoms with E-state index in [0.717, 1.165) is 25.1 Å². The van der Waals surface area contributed by atoms with Gasteiger partial charge in [-0.1, -0.05) is 12.1 Å². The molecule has 1 aromatic carbocycles. The lowest BCUT2D eigenvalue weighted by Gasteiger charge is -2.35. The molecule has 20 heavy (non-hydrogen) atoms. The Balaban J connectivity index is 2.05. The third-order valence-electron chi connectivity index (χ3n) is 3.57. The Kier molecular flexibility index (Phi) is 4.65. The van der Waals surface area contributed by atoms with Crippen LogP contribution in [0.4, 0.5) is 5.69 Å². The first kappa shape index (κ1) is 14.9. The van der Waals surface area contributed by atoms with Crippen LogP contribution < -0.4 is 10.6 Å². The van der Waals surface area contributed by atoms with Crippen molar-refractivity contribution in [3.05, 3.63) is 29.8 Å². The molecule has 0 radical (unpaired) electrons. The van der Waals surface area contributed by atoms with Gasteiger partial charge in [-0.15, -0.1) is 0 Å². The summed E-state index contributed by atoms with van der Waals surface area (Å²) < 4.78 is 5.68. The average molecular weight is 276 g/mol. The number of rotatable bonds is 4. The maximum Gasteiger partial charge on any atom is 0.253 e. The zero-order chi connectivity index (χ0) is 14.6. The fourth-order valence-electron chi connectivity index (χ4n) is 2.64. The van der Waals surface area contributed by atoms with Gasteiger partial charge in [0.2, 0.25) is 0 Å². The first-order valence-corrected chi connectivity index (χ1v) is 7.29. The number of carbonyl (C=O) groups excluding carboxylic acids is 1. The third-order valence-corrected chi connectivity index (χ3v) is 3.57. The maximum atomic E-state index is 12.4. The van der Waals surface area contributed by atoms with Crippen molar-refractivity contribution in [2.75, 3.05) is 18.5 Å². The molecule has 1 aliphatic heterocycles. The van der Waals surface area contributed by atoms with E-state index in [1.54, 1.807) is 0 Å². The maximum absolute atomic E-state index is 12.4. The zero-order valence-corrected chi connectivity index (χ0v) is 12.5. The molecular formula is C16H24N2O2. The highest BCUT2D eigenvalue weighted by Crippen LogP contribution is 2.24. The summed E-state index contributed by atoms with van der Waals surface area (Å²) in [6.45, 7) is 7.66. The molecule has 1 heterocycles. The van der Waals surface area contributed by atoms with Gasteiger partial charge in [-0.2, -0.15) is 0 Å². The fourth-order valence-corrected chi connectivity index (χ4v) is 2.64. The van der Waals surface area contributed by atoms with Crippen LogP contribution >= 0.6 is 0 Å². The van der Waals surface area contributed by atoms with Crippen LogP contribution in [-0.4, -0.2) is 30.7 Å². The summed E-state index contributed by atoms with van der Waals surface area (Å²) in [5, 5.41) is 6.36. The van der Waals surface area contributed by atoms with E-state index in [9.17, 15) is 4.79 Å². The van der Waals surface area contributed by atoms with Crippen LogP contribution in [0.15, 0.2) is 24.3 Å². The second-order valence-corrected chi connectivity index (χ2v) is 5.85. The zero-order valence-electron chi connectivity index (χ0n) is 12.5. The van der Waals surface area contributed by atoms with Gasteiger partial charge in [0.1, 0.15) is 0 Å². The molecule has 2 N–H and O–H groups in total. The molecule has 4 heteroatoms. The Morgan fingerprint density at radius 3 is 2.85 bits per heavy atom. The number of para-hydroxylation sites is 1. The summed E-state index contributed by atoms with van der Waals surface area (Å²) in [4.78, 5) is 12.4. The van der Waals surface area contributed by atoms with Crippen molar-refractivity contribution in [1.82, 2.24) is 5.32 Å². The normalized spacial score (nSPS) is 21.2. The van der Waals surface area contributed by atoms with Gasteiger partial charge in [0, 0.05) is 24.9 Å².